The van der Waals surface area contributed by atoms with Crippen LogP contribution in [0.25, 0.3) is 6.08 Å². The summed E-state index contributed by atoms with van der Waals surface area (Å²) in [4.78, 5) is 12.7. The average Bonchev–Trinajstić information content (AvgIpc) is 3.03. The van der Waals surface area contributed by atoms with Gasteiger partial charge in [-0.3, -0.25) is 0 Å². The summed E-state index contributed by atoms with van der Waals surface area (Å²) in [6.45, 7) is 2.64. The molecule has 10 atom stereocenters. The van der Waals surface area contributed by atoms with Crippen LogP contribution in [-0.4, -0.2) is 86.3 Å². The van der Waals surface area contributed by atoms with Crippen molar-refractivity contribution in [3.8, 4) is 0 Å². The molecular weight excluding hydrogens is 460 g/mol. The molecule has 10 nitrogen and oxygen atoms in total. The zero-order chi connectivity index (χ0) is 25.4. The van der Waals surface area contributed by atoms with Crippen molar-refractivity contribution in [1.29, 1.82) is 0 Å². The van der Waals surface area contributed by atoms with Crippen LogP contribution in [0.1, 0.15) is 25.8 Å². The maximum Gasteiger partial charge on any atom is 0.331 e. The lowest BCUT2D eigenvalue weighted by atomic mass is 9.81. The molecule has 4 rings (SSSR count). The molecule has 0 amide bonds. The molecule has 3 aliphatic rings. The molecule has 2 heterocycles. The summed E-state index contributed by atoms with van der Waals surface area (Å²) >= 11 is 0. The number of hydrogen-bond donors (Lipinski definition) is 5. The van der Waals surface area contributed by atoms with Gasteiger partial charge >= 0.3 is 5.97 Å². The first-order chi connectivity index (χ1) is 16.6. The Bertz CT molecular complexity index is 949. The molecule has 1 saturated heterocycles. The lowest BCUT2D eigenvalue weighted by molar-refractivity contribution is -0.345. The Morgan fingerprint density at radius 3 is 2.57 bits per heavy atom. The van der Waals surface area contributed by atoms with Crippen LogP contribution in [0.15, 0.2) is 48.7 Å². The van der Waals surface area contributed by atoms with E-state index >= 15 is 0 Å². The van der Waals surface area contributed by atoms with Crippen molar-refractivity contribution in [2.45, 2.75) is 68.5 Å². The van der Waals surface area contributed by atoms with Gasteiger partial charge in [-0.1, -0.05) is 37.3 Å². The largest absolute Gasteiger partial charge is 0.472 e. The minimum absolute atomic E-state index is 0.102. The molecule has 2 fully saturated rings. The van der Waals surface area contributed by atoms with Gasteiger partial charge in [0.1, 0.15) is 23.4 Å². The highest BCUT2D eigenvalue weighted by Crippen LogP contribution is 2.51. The van der Waals surface area contributed by atoms with Crippen molar-refractivity contribution in [3.63, 3.8) is 0 Å². The molecule has 0 unspecified atom stereocenters. The second-order valence-corrected chi connectivity index (χ2v) is 9.57. The standard InChI is InChI=1S/C25H32O10/c1-14-19(29)16(13-26)33-22(20(14)30)34-23-21-24(2,12-17(27)25(21,31)10-11-32-23)35-18(28)9-8-15-6-4-3-5-7-15/h3-11,14,16-17,19-23,26-27,29-31H,12-13H2,1-2H3/b9-8+/t14-,16+,17+,19-,20+,21+,22-,23-,24-,25+/m0/s1. The maximum absolute atomic E-state index is 12.7. The third kappa shape index (κ3) is 4.88. The van der Waals surface area contributed by atoms with E-state index in [1.165, 1.54) is 18.4 Å². The van der Waals surface area contributed by atoms with E-state index in [0.717, 1.165) is 5.56 Å². The number of fused-ring (bicyclic) bond motifs is 1. The molecule has 2 aliphatic heterocycles. The Morgan fingerprint density at radius 2 is 1.89 bits per heavy atom. The van der Waals surface area contributed by atoms with E-state index in [2.05, 4.69) is 0 Å². The van der Waals surface area contributed by atoms with Gasteiger partial charge in [0.25, 0.3) is 0 Å². The van der Waals surface area contributed by atoms with Crippen LogP contribution < -0.4 is 0 Å². The van der Waals surface area contributed by atoms with Crippen molar-refractivity contribution in [3.05, 3.63) is 54.3 Å². The number of hydrogen-bond acceptors (Lipinski definition) is 10. The van der Waals surface area contributed by atoms with Gasteiger partial charge in [0, 0.05) is 18.4 Å². The molecule has 1 saturated carbocycles. The quantitative estimate of drug-likeness (QED) is 0.272. The van der Waals surface area contributed by atoms with Gasteiger partial charge < -0.3 is 44.5 Å². The van der Waals surface area contributed by atoms with Crippen molar-refractivity contribution >= 4 is 12.0 Å². The van der Waals surface area contributed by atoms with Gasteiger partial charge in [0.05, 0.1) is 31.0 Å². The van der Waals surface area contributed by atoms with Crippen molar-refractivity contribution in [1.82, 2.24) is 0 Å². The molecule has 0 aromatic heterocycles. The number of carbonyl (C=O) groups excluding carboxylic acids is 1. The molecule has 0 bridgehead atoms. The fraction of sp³-hybridized carbons (Fsp3) is 0.560. The molecule has 0 spiro atoms. The molecule has 1 aromatic carbocycles. The highest BCUT2D eigenvalue weighted by molar-refractivity contribution is 5.87. The minimum atomic E-state index is -1.85. The highest BCUT2D eigenvalue weighted by atomic mass is 16.8. The summed E-state index contributed by atoms with van der Waals surface area (Å²) in [6.07, 6.45) is -2.11. The van der Waals surface area contributed by atoms with Gasteiger partial charge in [0.2, 0.25) is 6.29 Å². The number of esters is 1. The molecule has 5 N–H and O–H groups in total. The average molecular weight is 493 g/mol. The molecular formula is C25H32O10. The Balaban J connectivity index is 1.55. The van der Waals surface area contributed by atoms with Crippen LogP contribution in [0.2, 0.25) is 0 Å². The van der Waals surface area contributed by atoms with E-state index in [9.17, 15) is 30.3 Å². The lowest BCUT2D eigenvalue weighted by Crippen LogP contribution is -2.60. The monoisotopic (exact) mass is 492 g/mol. The summed E-state index contributed by atoms with van der Waals surface area (Å²) in [6, 6.07) is 9.15. The van der Waals surface area contributed by atoms with Gasteiger partial charge in [-0.25, -0.2) is 4.79 Å². The van der Waals surface area contributed by atoms with E-state index < -0.39 is 72.6 Å². The molecule has 192 valence electrons. The van der Waals surface area contributed by atoms with Gasteiger partial charge in [0.15, 0.2) is 6.29 Å². The topological polar surface area (TPSA) is 155 Å². The number of rotatable bonds is 6. The summed E-state index contributed by atoms with van der Waals surface area (Å²) in [5.41, 5.74) is -2.47. The Hall–Kier alpha value is -2.31. The summed E-state index contributed by atoms with van der Waals surface area (Å²) < 4.78 is 22.7. The lowest BCUT2D eigenvalue weighted by Gasteiger charge is -2.46. The Kier molecular flexibility index (Phi) is 7.35. The van der Waals surface area contributed by atoms with Crippen LogP contribution in [0.4, 0.5) is 0 Å². The van der Waals surface area contributed by atoms with Crippen molar-refractivity contribution in [2.24, 2.45) is 11.8 Å². The van der Waals surface area contributed by atoms with Crippen LogP contribution in [0.3, 0.4) is 0 Å². The minimum Gasteiger partial charge on any atom is -0.472 e. The van der Waals surface area contributed by atoms with E-state index in [1.54, 1.807) is 19.9 Å². The number of aliphatic hydroxyl groups is 5. The van der Waals surface area contributed by atoms with Gasteiger partial charge in [-0.05, 0) is 24.6 Å². The van der Waals surface area contributed by atoms with Crippen molar-refractivity contribution in [2.75, 3.05) is 6.61 Å². The van der Waals surface area contributed by atoms with E-state index in [4.69, 9.17) is 18.9 Å². The SMILES string of the molecule is C[C@@H]1[C@@H](O)[C@H](O[C@@H]2OC=C[C@@]3(O)[C@H](O)C[C@](C)(OC(=O)/C=C/c4ccccc4)[C@@H]23)O[C@H](CO)[C@H]1O. The molecule has 10 heteroatoms. The third-order valence-electron chi connectivity index (χ3n) is 7.15. The number of ether oxygens (including phenoxy) is 4. The number of aliphatic hydroxyl groups excluding tert-OH is 4. The van der Waals surface area contributed by atoms with E-state index in [0.29, 0.717) is 0 Å². The molecule has 1 aromatic rings. The smallest absolute Gasteiger partial charge is 0.331 e. The van der Waals surface area contributed by atoms with E-state index in [-0.39, 0.29) is 6.42 Å². The predicted molar refractivity (Wildman–Crippen MR) is 121 cm³/mol. The fourth-order valence-electron chi connectivity index (χ4n) is 5.12. The Labute approximate surface area is 203 Å². The maximum atomic E-state index is 12.7. The number of carbonyl (C=O) groups is 1. The zero-order valence-corrected chi connectivity index (χ0v) is 19.5. The first-order valence-corrected chi connectivity index (χ1v) is 11.6. The van der Waals surface area contributed by atoms with Gasteiger partial charge in [-0.2, -0.15) is 0 Å². The molecule has 1 aliphatic carbocycles. The third-order valence-corrected chi connectivity index (χ3v) is 7.15. The Morgan fingerprint density at radius 1 is 1.17 bits per heavy atom. The summed E-state index contributed by atoms with van der Waals surface area (Å²) in [7, 11) is 0. The first-order valence-electron chi connectivity index (χ1n) is 11.6. The van der Waals surface area contributed by atoms with E-state index in [1.807, 2.05) is 30.3 Å². The summed E-state index contributed by atoms with van der Waals surface area (Å²) in [5, 5.41) is 52.3. The first kappa shape index (κ1) is 25.8. The van der Waals surface area contributed by atoms with Crippen LogP contribution in [-0.2, 0) is 23.7 Å². The zero-order valence-electron chi connectivity index (χ0n) is 19.5. The second-order valence-electron chi connectivity index (χ2n) is 9.57. The fourth-order valence-corrected chi connectivity index (χ4v) is 5.12. The van der Waals surface area contributed by atoms with Crippen LogP contribution >= 0.6 is 0 Å². The normalized spacial score (nSPS) is 43.1. The highest BCUT2D eigenvalue weighted by Gasteiger charge is 2.66. The number of benzene rings is 1. The second kappa shape index (κ2) is 9.98. The predicted octanol–water partition coefficient (Wildman–Crippen LogP) is 0.0753. The van der Waals surface area contributed by atoms with Crippen LogP contribution in [0.5, 0.6) is 0 Å². The molecule has 0 radical (unpaired) electrons. The van der Waals surface area contributed by atoms with Crippen LogP contribution in [0, 0.1) is 11.8 Å². The summed E-state index contributed by atoms with van der Waals surface area (Å²) in [5.74, 6) is -2.47. The van der Waals surface area contributed by atoms with Crippen molar-refractivity contribution < 1.29 is 49.3 Å². The molecule has 35 heavy (non-hydrogen) atoms. The van der Waals surface area contributed by atoms with Gasteiger partial charge in [-0.15, -0.1) is 0 Å².